The Morgan fingerprint density at radius 3 is 2.51 bits per heavy atom. The zero-order valence-electron chi connectivity index (χ0n) is 22.2. The van der Waals surface area contributed by atoms with Crippen LogP contribution in [0.3, 0.4) is 0 Å². The van der Waals surface area contributed by atoms with Gasteiger partial charge in [0.05, 0.1) is 17.9 Å². The molecule has 0 radical (unpaired) electrons. The summed E-state index contributed by atoms with van der Waals surface area (Å²) in [5.74, 6) is -0.338. The second-order valence-electron chi connectivity index (χ2n) is 10.2. The number of rotatable bonds is 10. The number of nitrogens with one attached hydrogen (secondary N) is 2. The molecule has 39 heavy (non-hydrogen) atoms. The standard InChI is InChI=1S/C31H34ClN5O2/c1-36-16-18-37(19-17-36)21-26(38)8-5-15-33-24-10-12-25(13-11-24)34-30(22-6-3-2-4-7-22)29-27-14-9-23(32)20-28(27)35-31(29)39/h2-4,6-7,9-14,20,29,33H,5,8,15-19,21H2,1H3,(H,35,39). The first kappa shape index (κ1) is 27.1. The highest BCUT2D eigenvalue weighted by Crippen LogP contribution is 2.37. The van der Waals surface area contributed by atoms with Crippen LogP contribution < -0.4 is 10.6 Å². The Labute approximate surface area is 234 Å². The number of ketones is 1. The van der Waals surface area contributed by atoms with Crippen molar-refractivity contribution in [1.29, 1.82) is 0 Å². The number of likely N-dealkylation sites (N-methyl/N-ethyl adjacent to an activating group) is 1. The first-order valence-corrected chi connectivity index (χ1v) is 13.8. The van der Waals surface area contributed by atoms with Crippen LogP contribution in [0.1, 0.15) is 29.9 Å². The number of carbonyl (C=O) groups excluding carboxylic acids is 2. The molecule has 7 nitrogen and oxygen atoms in total. The summed E-state index contributed by atoms with van der Waals surface area (Å²) >= 11 is 6.16. The summed E-state index contributed by atoms with van der Waals surface area (Å²) in [5.41, 5.74) is 4.91. The molecule has 1 saturated heterocycles. The third-order valence-corrected chi connectivity index (χ3v) is 7.50. The topological polar surface area (TPSA) is 77.0 Å². The van der Waals surface area contributed by atoms with Crippen molar-refractivity contribution in [3.63, 3.8) is 0 Å². The molecule has 3 aromatic carbocycles. The molecule has 0 aromatic heterocycles. The van der Waals surface area contributed by atoms with Crippen molar-refractivity contribution in [2.75, 3.05) is 56.9 Å². The van der Waals surface area contributed by atoms with E-state index in [1.807, 2.05) is 60.7 Å². The fourth-order valence-corrected chi connectivity index (χ4v) is 5.23. The number of hydrogen-bond acceptors (Lipinski definition) is 6. The number of aliphatic imine (C=N–C) groups is 1. The van der Waals surface area contributed by atoms with Gasteiger partial charge in [-0.05, 0) is 61.0 Å². The fraction of sp³-hybridized carbons (Fsp3) is 0.323. The first-order valence-electron chi connectivity index (χ1n) is 13.5. The van der Waals surface area contributed by atoms with Crippen molar-refractivity contribution in [3.05, 3.63) is 88.9 Å². The van der Waals surface area contributed by atoms with E-state index in [0.717, 1.165) is 67.3 Å². The van der Waals surface area contributed by atoms with Crippen LogP contribution in [0.2, 0.25) is 5.02 Å². The molecule has 0 bridgehead atoms. The predicted octanol–water partition coefficient (Wildman–Crippen LogP) is 5.21. The molecule has 1 atom stereocenters. The molecule has 5 rings (SSSR count). The van der Waals surface area contributed by atoms with Crippen LogP contribution in [0.25, 0.3) is 0 Å². The maximum absolute atomic E-state index is 13.0. The molecule has 0 saturated carbocycles. The van der Waals surface area contributed by atoms with Crippen LogP contribution in [0.15, 0.2) is 77.8 Å². The van der Waals surface area contributed by atoms with Gasteiger partial charge in [0, 0.05) is 55.5 Å². The van der Waals surface area contributed by atoms with E-state index in [-0.39, 0.29) is 5.91 Å². The number of anilines is 2. The number of hydrogen-bond donors (Lipinski definition) is 2. The lowest BCUT2D eigenvalue weighted by molar-refractivity contribution is -0.120. The van der Waals surface area contributed by atoms with Gasteiger partial charge in [-0.3, -0.25) is 19.5 Å². The SMILES string of the molecule is CN1CCN(CC(=O)CCCNc2ccc(N=C(c3ccccc3)C3C(=O)Nc4cc(Cl)ccc43)cc2)CC1. The summed E-state index contributed by atoms with van der Waals surface area (Å²) in [6.07, 6.45) is 1.38. The van der Waals surface area contributed by atoms with Gasteiger partial charge in [-0.15, -0.1) is 0 Å². The number of benzene rings is 3. The molecular weight excluding hydrogens is 510 g/mol. The molecule has 0 spiro atoms. The zero-order chi connectivity index (χ0) is 27.2. The first-order chi connectivity index (χ1) is 19.0. The third-order valence-electron chi connectivity index (χ3n) is 7.26. The van der Waals surface area contributed by atoms with E-state index < -0.39 is 5.92 Å². The Bertz CT molecular complexity index is 1330. The molecule has 3 aromatic rings. The summed E-state index contributed by atoms with van der Waals surface area (Å²) in [6.45, 7) is 5.27. The van der Waals surface area contributed by atoms with Crippen LogP contribution in [0.4, 0.5) is 17.1 Å². The van der Waals surface area contributed by atoms with Crippen molar-refractivity contribution in [2.24, 2.45) is 4.99 Å². The molecule has 2 aliphatic rings. The minimum Gasteiger partial charge on any atom is -0.385 e. The van der Waals surface area contributed by atoms with Crippen molar-refractivity contribution in [1.82, 2.24) is 9.80 Å². The minimum atomic E-state index is -0.527. The molecule has 1 unspecified atom stereocenters. The number of nitrogens with zero attached hydrogens (tertiary/aromatic N) is 3. The normalized spacial score (nSPS) is 18.1. The lowest BCUT2D eigenvalue weighted by Gasteiger charge is -2.31. The molecule has 2 N–H and O–H groups in total. The Balaban J connectivity index is 1.22. The zero-order valence-corrected chi connectivity index (χ0v) is 23.0. The Morgan fingerprint density at radius 1 is 1.03 bits per heavy atom. The summed E-state index contributed by atoms with van der Waals surface area (Å²) in [6, 6.07) is 23.1. The van der Waals surface area contributed by atoms with Crippen LogP contribution >= 0.6 is 11.6 Å². The highest BCUT2D eigenvalue weighted by Gasteiger charge is 2.35. The van der Waals surface area contributed by atoms with Gasteiger partial charge in [-0.25, -0.2) is 0 Å². The second kappa shape index (κ2) is 12.6. The third kappa shape index (κ3) is 6.92. The van der Waals surface area contributed by atoms with Gasteiger partial charge in [0.15, 0.2) is 0 Å². The summed E-state index contributed by atoms with van der Waals surface area (Å²) < 4.78 is 0. The van der Waals surface area contributed by atoms with Gasteiger partial charge in [0.2, 0.25) is 5.91 Å². The highest BCUT2D eigenvalue weighted by atomic mass is 35.5. The van der Waals surface area contributed by atoms with Gasteiger partial charge >= 0.3 is 0 Å². The summed E-state index contributed by atoms with van der Waals surface area (Å²) in [5, 5.41) is 6.94. The Morgan fingerprint density at radius 2 is 1.77 bits per heavy atom. The average Bonchev–Trinajstić information content (AvgIpc) is 3.26. The monoisotopic (exact) mass is 543 g/mol. The summed E-state index contributed by atoms with van der Waals surface area (Å²) in [4.78, 5) is 34.9. The van der Waals surface area contributed by atoms with E-state index >= 15 is 0 Å². The van der Waals surface area contributed by atoms with E-state index in [2.05, 4.69) is 27.5 Å². The van der Waals surface area contributed by atoms with Gasteiger partial charge in [0.25, 0.3) is 0 Å². The maximum Gasteiger partial charge on any atom is 0.238 e. The molecule has 1 fully saturated rings. The number of carbonyl (C=O) groups is 2. The Kier molecular flexibility index (Phi) is 8.71. The fourth-order valence-electron chi connectivity index (χ4n) is 5.06. The van der Waals surface area contributed by atoms with E-state index in [4.69, 9.17) is 16.6 Å². The average molecular weight is 544 g/mol. The number of piperazine rings is 1. The molecule has 8 heteroatoms. The maximum atomic E-state index is 13.0. The molecule has 0 aliphatic carbocycles. The molecule has 2 aliphatic heterocycles. The number of amides is 1. The van der Waals surface area contributed by atoms with Crippen molar-refractivity contribution >= 4 is 46.1 Å². The van der Waals surface area contributed by atoms with E-state index in [1.165, 1.54) is 0 Å². The van der Waals surface area contributed by atoms with Gasteiger partial charge < -0.3 is 15.5 Å². The highest BCUT2D eigenvalue weighted by molar-refractivity contribution is 6.31. The predicted molar refractivity (Wildman–Crippen MR) is 159 cm³/mol. The van der Waals surface area contributed by atoms with Crippen molar-refractivity contribution in [2.45, 2.75) is 18.8 Å². The quantitative estimate of drug-likeness (QED) is 0.271. The summed E-state index contributed by atoms with van der Waals surface area (Å²) in [7, 11) is 2.12. The number of Topliss-reactive ketones (excluding diaryl/α,β-unsaturated/α-hetero) is 1. The van der Waals surface area contributed by atoms with Crippen LogP contribution in [-0.2, 0) is 9.59 Å². The number of halogens is 1. The van der Waals surface area contributed by atoms with Gasteiger partial charge in [0.1, 0.15) is 11.7 Å². The lowest BCUT2D eigenvalue weighted by Crippen LogP contribution is -2.46. The van der Waals surface area contributed by atoms with Crippen LogP contribution in [-0.4, -0.2) is 73.5 Å². The van der Waals surface area contributed by atoms with Crippen molar-refractivity contribution in [3.8, 4) is 0 Å². The van der Waals surface area contributed by atoms with E-state index in [0.29, 0.717) is 29.5 Å². The van der Waals surface area contributed by atoms with E-state index in [9.17, 15) is 9.59 Å². The minimum absolute atomic E-state index is 0.115. The molecule has 1 amide bonds. The van der Waals surface area contributed by atoms with Crippen LogP contribution in [0.5, 0.6) is 0 Å². The number of fused-ring (bicyclic) bond motifs is 1. The lowest BCUT2D eigenvalue weighted by atomic mass is 9.90. The largest absolute Gasteiger partial charge is 0.385 e. The van der Waals surface area contributed by atoms with Crippen LogP contribution in [0, 0.1) is 0 Å². The van der Waals surface area contributed by atoms with Gasteiger partial charge in [-0.1, -0.05) is 48.0 Å². The molecule has 202 valence electrons. The smallest absolute Gasteiger partial charge is 0.238 e. The molecule has 2 heterocycles. The second-order valence-corrected chi connectivity index (χ2v) is 10.6. The Hall–Kier alpha value is -3.52. The van der Waals surface area contributed by atoms with Gasteiger partial charge in [-0.2, -0.15) is 0 Å². The van der Waals surface area contributed by atoms with Crippen molar-refractivity contribution < 1.29 is 9.59 Å². The molecular formula is C31H34ClN5O2. The van der Waals surface area contributed by atoms with E-state index in [1.54, 1.807) is 12.1 Å².